The highest BCUT2D eigenvalue weighted by Crippen LogP contribution is 2.25. The number of hydrogen-bond donors (Lipinski definition) is 0. The number of nitrogens with zero attached hydrogens (tertiary/aromatic N) is 3. The molecule has 0 spiro atoms. The maximum Gasteiger partial charge on any atom is 0.357 e. The summed E-state index contributed by atoms with van der Waals surface area (Å²) in [5.41, 5.74) is 0.438. The fraction of sp³-hybridized carbons (Fsp3) is 0.167. The topological polar surface area (TPSA) is 78.0 Å². The van der Waals surface area contributed by atoms with Gasteiger partial charge >= 0.3 is 5.82 Å². The van der Waals surface area contributed by atoms with Crippen LogP contribution in [0.25, 0.3) is 0 Å². The van der Waals surface area contributed by atoms with Gasteiger partial charge in [-0.15, -0.1) is 0 Å². The van der Waals surface area contributed by atoms with E-state index >= 15 is 0 Å². The van der Waals surface area contributed by atoms with E-state index in [-0.39, 0.29) is 22.7 Å². The summed E-state index contributed by atoms with van der Waals surface area (Å²) in [4.78, 5) is 26.5. The van der Waals surface area contributed by atoms with Gasteiger partial charge in [0, 0.05) is 17.5 Å². The lowest BCUT2D eigenvalue weighted by molar-refractivity contribution is -0.392. The third-order valence-corrected chi connectivity index (χ3v) is 3.52. The summed E-state index contributed by atoms with van der Waals surface area (Å²) in [5.74, 6) is -0.0894. The van der Waals surface area contributed by atoms with Crippen molar-refractivity contribution in [3.05, 3.63) is 55.4 Å². The van der Waals surface area contributed by atoms with Crippen LogP contribution in [0.2, 0.25) is 5.02 Å². The number of aromatic nitrogens is 2. The molecule has 2 rings (SSSR count). The number of ketones is 1. The molecule has 1 aromatic carbocycles. The Hall–Kier alpha value is -1.73. The quantitative estimate of drug-likeness (QED) is 0.477. The Bertz CT molecular complexity index is 682. The summed E-state index contributed by atoms with van der Waals surface area (Å²) in [6.45, 7) is 1.45. The van der Waals surface area contributed by atoms with Gasteiger partial charge in [-0.25, -0.2) is 4.57 Å². The minimum Gasteiger partial charge on any atom is -0.358 e. The maximum atomic E-state index is 12.1. The van der Waals surface area contributed by atoms with Gasteiger partial charge in [-0.05, 0) is 45.1 Å². The molecule has 0 saturated carbocycles. The average molecular weight is 359 g/mol. The summed E-state index contributed by atoms with van der Waals surface area (Å²) in [6.07, 6.45) is 0. The molecule has 0 aliphatic heterocycles. The molecule has 0 N–H and O–H groups in total. The van der Waals surface area contributed by atoms with E-state index in [9.17, 15) is 14.9 Å². The third kappa shape index (κ3) is 2.88. The van der Waals surface area contributed by atoms with Crippen molar-refractivity contribution >= 4 is 39.1 Å². The number of carbonyl (C=O) groups excluding carboxylic acids is 1. The third-order valence-electron chi connectivity index (χ3n) is 2.73. The molecule has 8 heteroatoms. The lowest BCUT2D eigenvalue weighted by atomic mass is 10.1. The highest BCUT2D eigenvalue weighted by Gasteiger charge is 2.25. The van der Waals surface area contributed by atoms with Gasteiger partial charge in [-0.3, -0.25) is 4.79 Å². The fourth-order valence-electron chi connectivity index (χ4n) is 1.75. The van der Waals surface area contributed by atoms with Crippen molar-refractivity contribution in [2.24, 2.45) is 0 Å². The van der Waals surface area contributed by atoms with E-state index in [1.54, 1.807) is 31.2 Å². The summed E-state index contributed by atoms with van der Waals surface area (Å²) < 4.78 is 1.38. The van der Waals surface area contributed by atoms with Crippen molar-refractivity contribution in [3.8, 4) is 0 Å². The predicted octanol–water partition coefficient (Wildman–Crippen LogP) is 3.40. The molecule has 1 aromatic heterocycles. The summed E-state index contributed by atoms with van der Waals surface area (Å²) in [7, 11) is 0. The van der Waals surface area contributed by atoms with Crippen LogP contribution in [0.15, 0.2) is 28.9 Å². The zero-order chi connectivity index (χ0) is 14.9. The van der Waals surface area contributed by atoms with E-state index in [1.165, 1.54) is 4.57 Å². The van der Waals surface area contributed by atoms with Crippen LogP contribution in [0.1, 0.15) is 16.2 Å². The van der Waals surface area contributed by atoms with Gasteiger partial charge in [-0.2, -0.15) is 4.98 Å². The molecule has 0 bridgehead atoms. The van der Waals surface area contributed by atoms with E-state index in [1.807, 2.05) is 0 Å². The van der Waals surface area contributed by atoms with Crippen LogP contribution < -0.4 is 0 Å². The Kier molecular flexibility index (Phi) is 4.20. The standard InChI is InChI=1S/C12H9BrClN3O3/c1-7-15-11(13)12(17(19)20)16(7)6-10(18)8-2-4-9(14)5-3-8/h2-5H,6H2,1H3. The van der Waals surface area contributed by atoms with Crippen molar-refractivity contribution < 1.29 is 9.72 Å². The van der Waals surface area contributed by atoms with Crippen LogP contribution in [0.4, 0.5) is 5.82 Å². The Morgan fingerprint density at radius 1 is 1.45 bits per heavy atom. The normalized spacial score (nSPS) is 10.6. The maximum absolute atomic E-state index is 12.1. The zero-order valence-corrected chi connectivity index (χ0v) is 12.7. The Morgan fingerprint density at radius 2 is 2.05 bits per heavy atom. The van der Waals surface area contributed by atoms with Crippen LogP contribution in [0, 0.1) is 17.0 Å². The lowest BCUT2D eigenvalue weighted by Gasteiger charge is -2.03. The second kappa shape index (κ2) is 5.72. The number of benzene rings is 1. The summed E-state index contributed by atoms with van der Waals surface area (Å²) in [6, 6.07) is 6.36. The number of nitro groups is 1. The molecular formula is C12H9BrClN3O3. The van der Waals surface area contributed by atoms with Crippen LogP contribution in [0.5, 0.6) is 0 Å². The lowest BCUT2D eigenvalue weighted by Crippen LogP contribution is -2.13. The molecule has 0 atom stereocenters. The molecule has 0 saturated heterocycles. The number of imidazole rings is 1. The number of halogens is 2. The second-order valence-electron chi connectivity index (χ2n) is 4.05. The van der Waals surface area contributed by atoms with E-state index < -0.39 is 4.92 Å². The first kappa shape index (κ1) is 14.7. The summed E-state index contributed by atoms with van der Waals surface area (Å²) in [5, 5.41) is 11.5. The number of hydrogen-bond acceptors (Lipinski definition) is 4. The van der Waals surface area contributed by atoms with Gasteiger partial charge in [0.15, 0.2) is 12.4 Å². The molecule has 0 radical (unpaired) electrons. The molecule has 2 aromatic rings. The fourth-order valence-corrected chi connectivity index (χ4v) is 2.49. The van der Waals surface area contributed by atoms with Gasteiger partial charge in [-0.1, -0.05) is 11.6 Å². The first-order valence-corrected chi connectivity index (χ1v) is 6.73. The van der Waals surface area contributed by atoms with Crippen LogP contribution in [-0.2, 0) is 6.54 Å². The SMILES string of the molecule is Cc1nc(Br)c([N+](=O)[O-])n1CC(=O)c1ccc(Cl)cc1. The highest BCUT2D eigenvalue weighted by atomic mass is 79.9. The largest absolute Gasteiger partial charge is 0.358 e. The zero-order valence-electron chi connectivity index (χ0n) is 10.3. The van der Waals surface area contributed by atoms with Gasteiger partial charge in [0.25, 0.3) is 0 Å². The Balaban J connectivity index is 2.33. The van der Waals surface area contributed by atoms with Gasteiger partial charge in [0.05, 0.1) is 0 Å². The van der Waals surface area contributed by atoms with Crippen LogP contribution >= 0.6 is 27.5 Å². The van der Waals surface area contributed by atoms with Crippen molar-refractivity contribution in [1.29, 1.82) is 0 Å². The molecule has 0 fully saturated rings. The minimum absolute atomic E-state index is 0.115. The molecule has 0 amide bonds. The molecule has 0 aliphatic rings. The van der Waals surface area contributed by atoms with Crippen LogP contribution in [0.3, 0.4) is 0 Å². The number of Topliss-reactive ketones (excluding diaryl/α,β-unsaturated/α-hetero) is 1. The number of aryl methyl sites for hydroxylation is 1. The van der Waals surface area contributed by atoms with E-state index in [0.29, 0.717) is 16.4 Å². The van der Waals surface area contributed by atoms with Crippen molar-refractivity contribution in [1.82, 2.24) is 9.55 Å². The number of carbonyl (C=O) groups is 1. The van der Waals surface area contributed by atoms with Crippen LogP contribution in [-0.4, -0.2) is 20.3 Å². The first-order valence-electron chi connectivity index (χ1n) is 5.56. The average Bonchev–Trinajstić information content (AvgIpc) is 2.64. The smallest absolute Gasteiger partial charge is 0.357 e. The van der Waals surface area contributed by atoms with E-state index in [4.69, 9.17) is 11.6 Å². The Morgan fingerprint density at radius 3 is 2.60 bits per heavy atom. The molecular weight excluding hydrogens is 350 g/mol. The molecule has 0 unspecified atom stereocenters. The van der Waals surface area contributed by atoms with E-state index in [2.05, 4.69) is 20.9 Å². The first-order chi connectivity index (χ1) is 9.40. The molecule has 20 heavy (non-hydrogen) atoms. The van der Waals surface area contributed by atoms with Gasteiger partial charge in [0.2, 0.25) is 10.4 Å². The summed E-state index contributed by atoms with van der Waals surface area (Å²) >= 11 is 8.77. The minimum atomic E-state index is -0.570. The van der Waals surface area contributed by atoms with Gasteiger partial charge < -0.3 is 10.1 Å². The van der Waals surface area contributed by atoms with Crippen molar-refractivity contribution in [2.45, 2.75) is 13.5 Å². The molecule has 104 valence electrons. The predicted molar refractivity (Wildman–Crippen MR) is 77.1 cm³/mol. The molecule has 6 nitrogen and oxygen atoms in total. The second-order valence-corrected chi connectivity index (χ2v) is 5.23. The monoisotopic (exact) mass is 357 g/mol. The van der Waals surface area contributed by atoms with E-state index in [0.717, 1.165) is 0 Å². The van der Waals surface area contributed by atoms with Crippen molar-refractivity contribution in [2.75, 3.05) is 0 Å². The Labute approximate surface area is 127 Å². The molecule has 1 heterocycles. The molecule has 0 aliphatic carbocycles. The number of rotatable bonds is 4. The van der Waals surface area contributed by atoms with Crippen molar-refractivity contribution in [3.63, 3.8) is 0 Å². The van der Waals surface area contributed by atoms with Gasteiger partial charge in [0.1, 0.15) is 0 Å². The highest BCUT2D eigenvalue weighted by molar-refractivity contribution is 9.10.